The predicted octanol–water partition coefficient (Wildman–Crippen LogP) is 3.60. The van der Waals surface area contributed by atoms with Crippen LogP contribution in [-0.2, 0) is 10.0 Å². The van der Waals surface area contributed by atoms with E-state index in [0.717, 1.165) is 19.4 Å². The summed E-state index contributed by atoms with van der Waals surface area (Å²) in [5.74, 6) is 0. The van der Waals surface area contributed by atoms with Gasteiger partial charge in [-0.3, -0.25) is 4.31 Å². The molecule has 5 nitrogen and oxygen atoms in total. The van der Waals surface area contributed by atoms with E-state index in [-0.39, 0.29) is 4.90 Å². The van der Waals surface area contributed by atoms with Crippen LogP contribution in [0, 0.1) is 0 Å². The van der Waals surface area contributed by atoms with Crippen molar-refractivity contribution in [2.75, 3.05) is 23.2 Å². The third-order valence-corrected chi connectivity index (χ3v) is 5.71. The highest BCUT2D eigenvalue weighted by molar-refractivity contribution is 7.92. The topological polar surface area (TPSA) is 61.4 Å². The van der Waals surface area contributed by atoms with Gasteiger partial charge >= 0.3 is 0 Å². The first-order valence-electron chi connectivity index (χ1n) is 8.14. The monoisotopic (exact) mass is 377 g/mol. The molecular weight excluding hydrogens is 354 g/mol. The Morgan fingerprint density at radius 1 is 1.12 bits per heavy atom. The first-order chi connectivity index (χ1) is 11.9. The molecular formula is C18H23N3O2S2. The number of hydrogen-bond acceptors (Lipinski definition) is 3. The molecule has 0 fully saturated rings. The first kappa shape index (κ1) is 19.2. The second kappa shape index (κ2) is 8.82. The van der Waals surface area contributed by atoms with Crippen LogP contribution < -0.4 is 14.9 Å². The summed E-state index contributed by atoms with van der Waals surface area (Å²) in [5, 5.41) is 6.61. The van der Waals surface area contributed by atoms with E-state index in [2.05, 4.69) is 17.6 Å². The summed E-state index contributed by atoms with van der Waals surface area (Å²) in [6.45, 7) is 2.90. The van der Waals surface area contributed by atoms with Crippen LogP contribution in [0.4, 0.5) is 11.4 Å². The second-order valence-electron chi connectivity index (χ2n) is 5.57. The molecule has 0 amide bonds. The van der Waals surface area contributed by atoms with Crippen LogP contribution in [0.2, 0.25) is 0 Å². The maximum atomic E-state index is 12.8. The molecule has 0 aliphatic rings. The molecule has 0 aromatic heterocycles. The van der Waals surface area contributed by atoms with Crippen LogP contribution in [0.1, 0.15) is 19.8 Å². The molecule has 0 heterocycles. The van der Waals surface area contributed by atoms with E-state index in [1.165, 1.54) is 4.31 Å². The summed E-state index contributed by atoms with van der Waals surface area (Å²) in [5.41, 5.74) is 1.24. The summed E-state index contributed by atoms with van der Waals surface area (Å²) in [6, 6.07) is 15.6. The van der Waals surface area contributed by atoms with Crippen LogP contribution in [0.25, 0.3) is 0 Å². The van der Waals surface area contributed by atoms with E-state index in [4.69, 9.17) is 12.2 Å². The van der Waals surface area contributed by atoms with Gasteiger partial charge in [0.1, 0.15) is 0 Å². The molecule has 0 spiro atoms. The Morgan fingerprint density at radius 3 is 2.52 bits per heavy atom. The average molecular weight is 378 g/mol. The Morgan fingerprint density at radius 2 is 1.84 bits per heavy atom. The summed E-state index contributed by atoms with van der Waals surface area (Å²) in [7, 11) is -2.10. The largest absolute Gasteiger partial charge is 0.362 e. The van der Waals surface area contributed by atoms with Gasteiger partial charge in [0.05, 0.1) is 10.6 Å². The van der Waals surface area contributed by atoms with Crippen LogP contribution >= 0.6 is 12.2 Å². The van der Waals surface area contributed by atoms with Gasteiger partial charge in [-0.15, -0.1) is 0 Å². The molecule has 0 saturated heterocycles. The Kier molecular flexibility index (Phi) is 6.78. The minimum absolute atomic E-state index is 0.209. The van der Waals surface area contributed by atoms with Gasteiger partial charge in [0.15, 0.2) is 5.11 Å². The number of unbranched alkanes of at least 4 members (excludes halogenated alkanes) is 1. The van der Waals surface area contributed by atoms with Gasteiger partial charge in [0, 0.05) is 19.3 Å². The lowest BCUT2D eigenvalue weighted by Gasteiger charge is -2.20. The van der Waals surface area contributed by atoms with Crippen molar-refractivity contribution in [1.29, 1.82) is 0 Å². The molecule has 0 unspecified atom stereocenters. The molecule has 2 N–H and O–H groups in total. The molecule has 0 aliphatic heterocycles. The van der Waals surface area contributed by atoms with E-state index in [9.17, 15) is 8.42 Å². The summed E-state index contributed by atoms with van der Waals surface area (Å²) >= 11 is 5.23. The van der Waals surface area contributed by atoms with Crippen LogP contribution in [0.3, 0.4) is 0 Å². The summed E-state index contributed by atoms with van der Waals surface area (Å²) in [4.78, 5) is 0.209. The van der Waals surface area contributed by atoms with Crippen LogP contribution in [0.5, 0.6) is 0 Å². The normalized spacial score (nSPS) is 11.0. The van der Waals surface area contributed by atoms with Crippen molar-refractivity contribution in [3.8, 4) is 0 Å². The van der Waals surface area contributed by atoms with Crippen LogP contribution in [-0.4, -0.2) is 27.1 Å². The first-order valence-corrected chi connectivity index (χ1v) is 9.99. The number of rotatable bonds is 7. The maximum absolute atomic E-state index is 12.8. The Labute approximate surface area is 155 Å². The average Bonchev–Trinajstić information content (AvgIpc) is 2.62. The van der Waals surface area contributed by atoms with Gasteiger partial charge in [0.25, 0.3) is 10.0 Å². The van der Waals surface area contributed by atoms with E-state index in [0.29, 0.717) is 16.5 Å². The SMILES string of the molecule is CCCCNC(=S)Nc1cccc(S(=O)(=O)N(C)c2ccccc2)c1. The molecule has 0 saturated carbocycles. The van der Waals surface area contributed by atoms with Gasteiger partial charge in [0.2, 0.25) is 0 Å². The number of benzene rings is 2. The lowest BCUT2D eigenvalue weighted by molar-refractivity contribution is 0.594. The highest BCUT2D eigenvalue weighted by atomic mass is 32.2. The standard InChI is InChI=1S/C18H23N3O2S2/c1-3-4-13-19-18(24)20-15-9-8-12-17(14-15)25(22,23)21(2)16-10-6-5-7-11-16/h5-12,14H,3-4,13H2,1-2H3,(H2,19,20,24). The van der Waals surface area contributed by atoms with Crippen molar-refractivity contribution in [1.82, 2.24) is 5.32 Å². The van der Waals surface area contributed by atoms with Crippen LogP contribution in [0.15, 0.2) is 59.5 Å². The minimum Gasteiger partial charge on any atom is -0.362 e. The highest BCUT2D eigenvalue weighted by Crippen LogP contribution is 2.23. The highest BCUT2D eigenvalue weighted by Gasteiger charge is 2.21. The van der Waals surface area contributed by atoms with Crippen molar-refractivity contribution in [3.05, 3.63) is 54.6 Å². The molecule has 2 aromatic carbocycles. The number of nitrogens with one attached hydrogen (secondary N) is 2. The third-order valence-electron chi connectivity index (χ3n) is 3.69. The van der Waals surface area contributed by atoms with Crippen molar-refractivity contribution in [2.24, 2.45) is 0 Å². The zero-order valence-corrected chi connectivity index (χ0v) is 16.0. The second-order valence-corrected chi connectivity index (χ2v) is 7.95. The van der Waals surface area contributed by atoms with Gasteiger partial charge in [-0.25, -0.2) is 8.42 Å². The van der Waals surface area contributed by atoms with Gasteiger partial charge in [-0.2, -0.15) is 0 Å². The van der Waals surface area contributed by atoms with E-state index in [1.54, 1.807) is 55.6 Å². The molecule has 134 valence electrons. The van der Waals surface area contributed by atoms with Crippen molar-refractivity contribution >= 4 is 38.7 Å². The van der Waals surface area contributed by atoms with Crippen molar-refractivity contribution in [3.63, 3.8) is 0 Å². The van der Waals surface area contributed by atoms with Gasteiger partial charge < -0.3 is 10.6 Å². The Hall–Kier alpha value is -2.12. The summed E-state index contributed by atoms with van der Waals surface area (Å²) < 4.78 is 26.9. The molecule has 0 aliphatic carbocycles. The quantitative estimate of drug-likeness (QED) is 0.570. The number of thiocarbonyl (C=S) groups is 1. The number of sulfonamides is 1. The minimum atomic E-state index is -3.64. The molecule has 0 atom stereocenters. The van der Waals surface area contributed by atoms with E-state index < -0.39 is 10.0 Å². The Balaban J connectivity index is 2.15. The van der Waals surface area contributed by atoms with Crippen molar-refractivity contribution < 1.29 is 8.42 Å². The fourth-order valence-corrected chi connectivity index (χ4v) is 3.68. The number of para-hydroxylation sites is 1. The zero-order valence-electron chi connectivity index (χ0n) is 14.4. The smallest absolute Gasteiger partial charge is 0.264 e. The van der Waals surface area contributed by atoms with Crippen molar-refractivity contribution in [2.45, 2.75) is 24.7 Å². The molecule has 25 heavy (non-hydrogen) atoms. The lowest BCUT2D eigenvalue weighted by Crippen LogP contribution is -2.29. The molecule has 0 bridgehead atoms. The fraction of sp³-hybridized carbons (Fsp3) is 0.278. The number of hydrogen-bond donors (Lipinski definition) is 2. The van der Waals surface area contributed by atoms with E-state index >= 15 is 0 Å². The Bertz CT molecular complexity index is 808. The van der Waals surface area contributed by atoms with Gasteiger partial charge in [-0.05, 0) is 49.0 Å². The molecule has 2 rings (SSSR count). The predicted molar refractivity (Wildman–Crippen MR) is 108 cm³/mol. The summed E-state index contributed by atoms with van der Waals surface area (Å²) in [6.07, 6.45) is 2.10. The maximum Gasteiger partial charge on any atom is 0.264 e. The number of nitrogens with zero attached hydrogens (tertiary/aromatic N) is 1. The number of anilines is 2. The van der Waals surface area contributed by atoms with Gasteiger partial charge in [-0.1, -0.05) is 37.6 Å². The van der Waals surface area contributed by atoms with E-state index in [1.807, 2.05) is 6.07 Å². The molecule has 0 radical (unpaired) electrons. The lowest BCUT2D eigenvalue weighted by atomic mass is 10.3. The molecule has 7 heteroatoms. The molecule has 2 aromatic rings. The third kappa shape index (κ3) is 5.17. The fourth-order valence-electron chi connectivity index (χ4n) is 2.22. The zero-order chi connectivity index (χ0) is 18.3.